The van der Waals surface area contributed by atoms with E-state index in [0.29, 0.717) is 24.3 Å². The van der Waals surface area contributed by atoms with Gasteiger partial charge in [-0.1, -0.05) is 0 Å². The normalized spacial score (nSPS) is 19.6. The first kappa shape index (κ1) is 21.5. The number of aryl methyl sites for hydroxylation is 1. The first-order valence-corrected chi connectivity index (χ1v) is 11.3. The van der Waals surface area contributed by atoms with E-state index in [2.05, 4.69) is 17.1 Å². The second-order valence-corrected chi connectivity index (χ2v) is 8.85. The smallest absolute Gasteiger partial charge is 0.337 e. The number of benzene rings is 2. The third-order valence-electron chi connectivity index (χ3n) is 6.72. The number of hydrogen-bond donors (Lipinski definition) is 3. The van der Waals surface area contributed by atoms with Gasteiger partial charge in [0.25, 0.3) is 0 Å². The molecule has 8 heteroatoms. The number of fused-ring (bicyclic) bond motifs is 2. The maximum Gasteiger partial charge on any atom is 0.337 e. The third-order valence-corrected chi connectivity index (χ3v) is 6.72. The molecule has 2 aliphatic rings. The summed E-state index contributed by atoms with van der Waals surface area (Å²) in [7, 11) is 1.34. The van der Waals surface area contributed by atoms with Gasteiger partial charge in [-0.25, -0.2) is 4.79 Å². The number of pyridine rings is 1. The molecule has 3 aromatic rings. The van der Waals surface area contributed by atoms with Gasteiger partial charge in [0.1, 0.15) is 39.3 Å². The van der Waals surface area contributed by atoms with E-state index in [-0.39, 0.29) is 5.43 Å². The largest absolute Gasteiger partial charge is 0.465 e. The summed E-state index contributed by atoms with van der Waals surface area (Å²) in [5, 5.41) is 0.532. The Morgan fingerprint density at radius 1 is 1.00 bits per heavy atom. The van der Waals surface area contributed by atoms with Crippen LogP contribution in [0.15, 0.2) is 41.2 Å². The van der Waals surface area contributed by atoms with Crippen LogP contribution in [0.1, 0.15) is 27.2 Å². The summed E-state index contributed by atoms with van der Waals surface area (Å²) in [4.78, 5) is 31.5. The van der Waals surface area contributed by atoms with Crippen LogP contribution in [-0.4, -0.2) is 51.0 Å². The van der Waals surface area contributed by atoms with Crippen LogP contribution in [0.3, 0.4) is 0 Å². The molecule has 0 atom stereocenters. The van der Waals surface area contributed by atoms with Crippen LogP contribution < -0.4 is 24.7 Å². The third kappa shape index (κ3) is 4.31. The number of quaternary nitrogens is 2. The molecule has 0 bridgehead atoms. The van der Waals surface area contributed by atoms with Gasteiger partial charge >= 0.3 is 5.97 Å². The van der Waals surface area contributed by atoms with E-state index in [9.17, 15) is 9.59 Å². The monoisotopic (exact) mass is 451 g/mol. The Labute approximate surface area is 191 Å². The maximum absolute atomic E-state index is 13.3. The van der Waals surface area contributed by atoms with Gasteiger partial charge in [-0.2, -0.15) is 0 Å². The Kier molecular flexibility index (Phi) is 5.78. The Hall–Kier alpha value is -3.36. The van der Waals surface area contributed by atoms with Gasteiger partial charge in [0.05, 0.1) is 18.2 Å². The van der Waals surface area contributed by atoms with Gasteiger partial charge in [0.2, 0.25) is 6.79 Å². The van der Waals surface area contributed by atoms with Crippen LogP contribution >= 0.6 is 0 Å². The van der Waals surface area contributed by atoms with Gasteiger partial charge in [-0.3, -0.25) is 4.79 Å². The Bertz CT molecular complexity index is 1260. The Balaban J connectivity index is 1.26. The quantitative estimate of drug-likeness (QED) is 0.470. The fraction of sp³-hybridized carbons (Fsp3) is 0.360. The summed E-state index contributed by atoms with van der Waals surface area (Å²) < 4.78 is 15.7. The van der Waals surface area contributed by atoms with Crippen molar-refractivity contribution in [2.24, 2.45) is 0 Å². The van der Waals surface area contributed by atoms with Crippen LogP contribution in [0.2, 0.25) is 0 Å². The molecule has 2 aliphatic heterocycles. The van der Waals surface area contributed by atoms with Crippen molar-refractivity contribution in [2.45, 2.75) is 20.0 Å². The Morgan fingerprint density at radius 3 is 2.48 bits per heavy atom. The summed E-state index contributed by atoms with van der Waals surface area (Å²) in [6.45, 7) is 7.96. The molecule has 1 saturated heterocycles. The standard InChI is InChI=1S/C25H27N3O5/c1-16-20(24(29)19-12-18(25(30)31-2)4-5-21(19)26-16)14-28-9-7-27(8-10-28)13-17-3-6-22-23(11-17)33-15-32-22/h3-6,11-12H,7-10,13-15H2,1-2H3,(H,26,29)/p+2. The van der Waals surface area contributed by atoms with Crippen molar-refractivity contribution in [3.8, 4) is 11.5 Å². The number of aromatic nitrogens is 1. The molecule has 3 heterocycles. The predicted molar refractivity (Wildman–Crippen MR) is 122 cm³/mol. The van der Waals surface area contributed by atoms with Crippen molar-refractivity contribution in [1.82, 2.24) is 4.98 Å². The van der Waals surface area contributed by atoms with Crippen LogP contribution in [0.5, 0.6) is 11.5 Å². The van der Waals surface area contributed by atoms with Crippen LogP contribution in [-0.2, 0) is 17.8 Å². The average Bonchev–Trinajstić information content (AvgIpc) is 3.30. The number of nitrogens with one attached hydrogen (secondary N) is 3. The highest BCUT2D eigenvalue weighted by atomic mass is 16.7. The van der Waals surface area contributed by atoms with E-state index < -0.39 is 5.97 Å². The van der Waals surface area contributed by atoms with Crippen molar-refractivity contribution in [1.29, 1.82) is 0 Å². The van der Waals surface area contributed by atoms with Crippen LogP contribution in [0, 0.1) is 6.92 Å². The van der Waals surface area contributed by atoms with Crippen molar-refractivity contribution < 1.29 is 28.8 Å². The zero-order chi connectivity index (χ0) is 22.9. The van der Waals surface area contributed by atoms with Crippen molar-refractivity contribution >= 4 is 16.9 Å². The van der Waals surface area contributed by atoms with E-state index >= 15 is 0 Å². The molecule has 8 nitrogen and oxygen atoms in total. The van der Waals surface area contributed by atoms with Gasteiger partial charge in [0.15, 0.2) is 16.9 Å². The molecular formula is C25H29N3O5+2. The lowest BCUT2D eigenvalue weighted by molar-refractivity contribution is -1.02. The zero-order valence-corrected chi connectivity index (χ0v) is 19.0. The number of esters is 1. The number of aromatic amines is 1. The summed E-state index contributed by atoms with van der Waals surface area (Å²) in [6, 6.07) is 11.3. The van der Waals surface area contributed by atoms with Crippen molar-refractivity contribution in [3.63, 3.8) is 0 Å². The number of piperazine rings is 1. The molecule has 0 spiro atoms. The Morgan fingerprint density at radius 2 is 1.73 bits per heavy atom. The van der Waals surface area contributed by atoms with Crippen molar-refractivity contribution in [3.05, 3.63) is 69.0 Å². The first-order valence-electron chi connectivity index (χ1n) is 11.3. The SMILES string of the molecule is COC(=O)c1ccc2[nH]c(C)c(C[NH+]3CC[NH+](Cc4ccc5c(c4)OCO5)CC3)c(=O)c2c1. The summed E-state index contributed by atoms with van der Waals surface area (Å²) in [5.41, 5.74) is 4.05. The van der Waals surface area contributed by atoms with E-state index in [1.165, 1.54) is 22.5 Å². The van der Waals surface area contributed by atoms with E-state index in [4.69, 9.17) is 14.2 Å². The number of carbonyl (C=O) groups is 1. The minimum atomic E-state index is -0.439. The van der Waals surface area contributed by atoms with Gasteiger partial charge in [0, 0.05) is 22.2 Å². The van der Waals surface area contributed by atoms with Gasteiger partial charge in [-0.05, 0) is 43.3 Å². The fourth-order valence-corrected chi connectivity index (χ4v) is 4.81. The molecule has 0 amide bonds. The van der Waals surface area contributed by atoms with Gasteiger partial charge in [-0.15, -0.1) is 0 Å². The number of rotatable bonds is 5. The lowest BCUT2D eigenvalue weighted by Crippen LogP contribution is -3.27. The zero-order valence-electron chi connectivity index (χ0n) is 19.0. The maximum atomic E-state index is 13.3. The summed E-state index contributed by atoms with van der Waals surface area (Å²) in [6.07, 6.45) is 0. The number of ether oxygens (including phenoxy) is 3. The molecule has 1 fully saturated rings. The van der Waals surface area contributed by atoms with Crippen molar-refractivity contribution in [2.75, 3.05) is 40.1 Å². The topological polar surface area (TPSA) is 86.5 Å². The minimum absolute atomic E-state index is 0.00496. The minimum Gasteiger partial charge on any atom is -0.465 e. The summed E-state index contributed by atoms with van der Waals surface area (Å²) in [5.74, 6) is 1.21. The highest BCUT2D eigenvalue weighted by molar-refractivity contribution is 5.94. The molecule has 3 N–H and O–H groups in total. The highest BCUT2D eigenvalue weighted by Gasteiger charge is 2.26. The van der Waals surface area contributed by atoms with E-state index in [1.54, 1.807) is 18.2 Å². The molecule has 33 heavy (non-hydrogen) atoms. The van der Waals surface area contributed by atoms with Crippen LogP contribution in [0.4, 0.5) is 0 Å². The van der Waals surface area contributed by atoms with E-state index in [0.717, 1.165) is 61.0 Å². The molecular weight excluding hydrogens is 422 g/mol. The number of H-pyrrole nitrogens is 1. The predicted octanol–water partition coefficient (Wildman–Crippen LogP) is -0.165. The first-order chi connectivity index (χ1) is 16.0. The lowest BCUT2D eigenvalue weighted by Gasteiger charge is -2.30. The fourth-order valence-electron chi connectivity index (χ4n) is 4.81. The van der Waals surface area contributed by atoms with Crippen LogP contribution in [0.25, 0.3) is 10.9 Å². The molecule has 1 aromatic heterocycles. The van der Waals surface area contributed by atoms with Gasteiger partial charge < -0.3 is 29.0 Å². The average molecular weight is 452 g/mol. The number of hydrogen-bond acceptors (Lipinski definition) is 5. The molecule has 0 radical (unpaired) electrons. The van der Waals surface area contributed by atoms with E-state index in [1.807, 2.05) is 13.0 Å². The second-order valence-electron chi connectivity index (χ2n) is 8.85. The molecule has 172 valence electrons. The number of methoxy groups -OCH3 is 1. The lowest BCUT2D eigenvalue weighted by atomic mass is 10.1. The molecule has 0 aliphatic carbocycles. The molecule has 0 saturated carbocycles. The highest BCUT2D eigenvalue weighted by Crippen LogP contribution is 2.32. The molecule has 5 rings (SSSR count). The number of carbonyl (C=O) groups excluding carboxylic acids is 1. The second kappa shape index (κ2) is 8.88. The molecule has 0 unspecified atom stereocenters. The summed E-state index contributed by atoms with van der Waals surface area (Å²) >= 11 is 0. The molecule has 2 aromatic carbocycles.